The summed E-state index contributed by atoms with van der Waals surface area (Å²) in [5.74, 6) is -2.51. The number of aliphatic hydroxyl groups excluding tert-OH is 1. The zero-order valence-corrected chi connectivity index (χ0v) is 27.3. The third kappa shape index (κ3) is 6.10. The van der Waals surface area contributed by atoms with E-state index in [4.69, 9.17) is 9.72 Å². The van der Waals surface area contributed by atoms with E-state index in [9.17, 15) is 27.9 Å². The number of aliphatic hydroxyl groups is 1. The Morgan fingerprint density at radius 1 is 1.22 bits per heavy atom. The predicted octanol–water partition coefficient (Wildman–Crippen LogP) is 2.18. The monoisotopic (exact) mass is 668 g/mol. The molecule has 5 atom stereocenters. The maximum Gasteiger partial charge on any atom is 0.259 e. The molecule has 3 amide bonds. The molecule has 46 heavy (non-hydrogen) atoms. The van der Waals surface area contributed by atoms with Gasteiger partial charge in [0, 0.05) is 18.5 Å². The zero-order valence-electron chi connectivity index (χ0n) is 25.7. The highest BCUT2D eigenvalue weighted by molar-refractivity contribution is 7.91. The minimum Gasteiger partial charge on any atom is -0.471 e. The number of sulfonamides is 1. The maximum absolute atomic E-state index is 14.0. The van der Waals surface area contributed by atoms with Crippen LogP contribution in [0.5, 0.6) is 5.88 Å². The fourth-order valence-electron chi connectivity index (χ4n) is 5.61. The van der Waals surface area contributed by atoms with Gasteiger partial charge in [-0.3, -0.25) is 19.1 Å². The Bertz CT molecular complexity index is 1810. The summed E-state index contributed by atoms with van der Waals surface area (Å²) in [5.41, 5.74) is -0.948. The van der Waals surface area contributed by atoms with Gasteiger partial charge in [0.05, 0.1) is 16.7 Å². The lowest BCUT2D eigenvalue weighted by atomic mass is 9.88. The number of hydrogen-bond acceptors (Lipinski definition) is 11. The van der Waals surface area contributed by atoms with Gasteiger partial charge in [0.25, 0.3) is 11.8 Å². The number of carbonyl (C=O) groups is 3. The van der Waals surface area contributed by atoms with E-state index in [1.165, 1.54) is 22.3 Å². The van der Waals surface area contributed by atoms with Gasteiger partial charge in [0.15, 0.2) is 5.65 Å². The van der Waals surface area contributed by atoms with Crippen LogP contribution in [-0.2, 0) is 24.4 Å². The molecule has 2 aliphatic carbocycles. The highest BCUT2D eigenvalue weighted by atomic mass is 32.2. The molecule has 1 aliphatic heterocycles. The number of pyridine rings is 1. The highest BCUT2D eigenvalue weighted by Gasteiger charge is 2.62. The number of amides is 3. The summed E-state index contributed by atoms with van der Waals surface area (Å²) in [6, 6.07) is 6.16. The van der Waals surface area contributed by atoms with Crippen LogP contribution in [0.4, 0.5) is 0 Å². The van der Waals surface area contributed by atoms with Gasteiger partial charge in [-0.2, -0.15) is 4.98 Å². The molecule has 3 aliphatic rings. The average Bonchev–Trinajstić information content (AvgIpc) is 3.88. The van der Waals surface area contributed by atoms with Crippen molar-refractivity contribution in [1.29, 1.82) is 0 Å². The molecule has 6 rings (SSSR count). The number of likely N-dealkylation sites (tertiary alicyclic amines) is 1. The standard InChI is InChI=1S/C31H36N6O7S2/c1-5-17-15-31(17,29(41)36-46(42,43)19-10-11-19)35-26(39)21-14-18(16-37(21)28(40)24(38)30(2,3)4)44-27-23(22-9-7-13-45-22)33-20-8-6-12-32-25(20)34-27/h5-9,12-13,17-19,21,24,38H,1,10-11,14-16H2,2-4H3,(H,35,39)(H,36,41)/t17-,18-,21+,24-,31-/m1/s1. The van der Waals surface area contributed by atoms with Crippen molar-refractivity contribution in [1.82, 2.24) is 29.9 Å². The Kier molecular flexibility index (Phi) is 8.13. The molecule has 2 saturated carbocycles. The molecule has 15 heteroatoms. The Labute approximate surface area is 270 Å². The van der Waals surface area contributed by atoms with Crippen molar-refractivity contribution >= 4 is 50.2 Å². The van der Waals surface area contributed by atoms with Crippen molar-refractivity contribution in [2.75, 3.05) is 6.54 Å². The molecule has 3 aromatic rings. The van der Waals surface area contributed by atoms with E-state index in [0.29, 0.717) is 29.7 Å². The van der Waals surface area contributed by atoms with Crippen LogP contribution in [0.1, 0.15) is 46.5 Å². The fraction of sp³-hybridized carbons (Fsp3) is 0.484. The van der Waals surface area contributed by atoms with Gasteiger partial charge in [0.1, 0.15) is 35.0 Å². The zero-order chi connectivity index (χ0) is 33.0. The van der Waals surface area contributed by atoms with Crippen LogP contribution >= 0.6 is 11.3 Å². The van der Waals surface area contributed by atoms with Crippen LogP contribution < -0.4 is 14.8 Å². The van der Waals surface area contributed by atoms with Crippen LogP contribution in [0.2, 0.25) is 0 Å². The van der Waals surface area contributed by atoms with Crippen molar-refractivity contribution in [2.24, 2.45) is 11.3 Å². The number of fused-ring (bicyclic) bond motifs is 1. The topological polar surface area (TPSA) is 181 Å². The molecule has 0 bridgehead atoms. The minimum atomic E-state index is -3.87. The van der Waals surface area contributed by atoms with Gasteiger partial charge < -0.3 is 20.1 Å². The van der Waals surface area contributed by atoms with Crippen LogP contribution in [0, 0.1) is 11.3 Å². The Morgan fingerprint density at radius 2 is 1.98 bits per heavy atom. The van der Waals surface area contributed by atoms with Crippen molar-refractivity contribution in [3.05, 3.63) is 48.5 Å². The van der Waals surface area contributed by atoms with E-state index >= 15 is 0 Å². The summed E-state index contributed by atoms with van der Waals surface area (Å²) in [4.78, 5) is 56.6. The number of nitrogens with one attached hydrogen (secondary N) is 2. The number of ether oxygens (including phenoxy) is 1. The van der Waals surface area contributed by atoms with Gasteiger partial charge in [-0.05, 0) is 48.3 Å². The fourth-order valence-corrected chi connectivity index (χ4v) is 7.68. The molecule has 1 saturated heterocycles. The lowest BCUT2D eigenvalue weighted by molar-refractivity contribution is -0.150. The molecule has 3 aromatic heterocycles. The van der Waals surface area contributed by atoms with E-state index in [1.54, 1.807) is 39.1 Å². The quantitative estimate of drug-likeness (QED) is 0.271. The number of thiophene rings is 1. The Morgan fingerprint density at radius 3 is 2.61 bits per heavy atom. The molecule has 0 radical (unpaired) electrons. The summed E-state index contributed by atoms with van der Waals surface area (Å²) in [6.45, 7) is 8.80. The van der Waals surface area contributed by atoms with Crippen LogP contribution in [0.3, 0.4) is 0 Å². The summed E-state index contributed by atoms with van der Waals surface area (Å²) >= 11 is 1.45. The molecule has 3 N–H and O–H groups in total. The summed E-state index contributed by atoms with van der Waals surface area (Å²) < 4.78 is 33.6. The summed E-state index contributed by atoms with van der Waals surface area (Å²) in [5, 5.41) is 15.0. The number of hydrogen-bond donors (Lipinski definition) is 3. The Hall–Kier alpha value is -3.95. The Balaban J connectivity index is 1.29. The van der Waals surface area contributed by atoms with E-state index in [-0.39, 0.29) is 25.3 Å². The van der Waals surface area contributed by atoms with Crippen LogP contribution in [0.15, 0.2) is 48.5 Å². The van der Waals surface area contributed by atoms with E-state index in [1.807, 2.05) is 17.5 Å². The third-order valence-electron chi connectivity index (χ3n) is 8.59. The number of rotatable bonds is 10. The summed E-state index contributed by atoms with van der Waals surface area (Å²) in [6.07, 6.45) is 2.01. The molecular weight excluding hydrogens is 633 g/mol. The molecule has 0 unspecified atom stereocenters. The van der Waals surface area contributed by atoms with Crippen LogP contribution in [0.25, 0.3) is 21.7 Å². The SMILES string of the molecule is C=C[C@@H]1C[C@]1(NC(=O)[C@@H]1C[C@@H](Oc2nc3ncccc3nc2-c2cccs2)CN1C(=O)[C@@H](O)C(C)(C)C)C(=O)NS(=O)(=O)C1CC1. The molecule has 4 heterocycles. The van der Waals surface area contributed by atoms with Crippen molar-refractivity contribution < 1.29 is 32.6 Å². The molecule has 13 nitrogen and oxygen atoms in total. The largest absolute Gasteiger partial charge is 0.471 e. The van der Waals surface area contributed by atoms with Gasteiger partial charge in [-0.25, -0.2) is 18.4 Å². The highest BCUT2D eigenvalue weighted by Crippen LogP contribution is 2.45. The van der Waals surface area contributed by atoms with Crippen molar-refractivity contribution in [3.8, 4) is 16.5 Å². The predicted molar refractivity (Wildman–Crippen MR) is 170 cm³/mol. The van der Waals surface area contributed by atoms with Crippen molar-refractivity contribution in [3.63, 3.8) is 0 Å². The number of nitrogens with zero attached hydrogens (tertiary/aromatic N) is 4. The summed E-state index contributed by atoms with van der Waals surface area (Å²) in [7, 11) is -3.87. The minimum absolute atomic E-state index is 0.0110. The second-order valence-corrected chi connectivity index (χ2v) is 16.0. The van der Waals surface area contributed by atoms with E-state index < -0.39 is 68.1 Å². The maximum atomic E-state index is 14.0. The molecule has 244 valence electrons. The first-order valence-electron chi connectivity index (χ1n) is 15.1. The van der Waals surface area contributed by atoms with E-state index in [2.05, 4.69) is 26.6 Å². The van der Waals surface area contributed by atoms with E-state index in [0.717, 1.165) is 4.88 Å². The molecular formula is C31H36N6O7S2. The normalized spacial score (nSPS) is 25.1. The first kappa shape index (κ1) is 32.0. The second-order valence-electron chi connectivity index (χ2n) is 13.1. The molecule has 3 fully saturated rings. The molecule has 0 spiro atoms. The lowest BCUT2D eigenvalue weighted by Gasteiger charge is -2.32. The van der Waals surface area contributed by atoms with Gasteiger partial charge in [-0.15, -0.1) is 17.9 Å². The van der Waals surface area contributed by atoms with Gasteiger partial charge >= 0.3 is 0 Å². The first-order chi connectivity index (χ1) is 21.7. The smallest absolute Gasteiger partial charge is 0.259 e. The molecule has 0 aromatic carbocycles. The average molecular weight is 669 g/mol. The first-order valence-corrected chi connectivity index (χ1v) is 17.5. The number of aromatic nitrogens is 3. The second kappa shape index (κ2) is 11.7. The number of carbonyl (C=O) groups excluding carboxylic acids is 3. The van der Waals surface area contributed by atoms with Crippen molar-refractivity contribution in [2.45, 2.75) is 75.5 Å². The lowest BCUT2D eigenvalue weighted by Crippen LogP contribution is -2.57. The van der Waals surface area contributed by atoms with Gasteiger partial charge in [-0.1, -0.05) is 32.9 Å². The van der Waals surface area contributed by atoms with Crippen LogP contribution in [-0.4, -0.2) is 86.7 Å². The van der Waals surface area contributed by atoms with Gasteiger partial charge in [0.2, 0.25) is 21.8 Å². The third-order valence-corrected chi connectivity index (χ3v) is 11.3.